The van der Waals surface area contributed by atoms with Crippen LogP contribution in [-0.2, 0) is 0 Å². The highest BCUT2D eigenvalue weighted by atomic mass is 16.2. The largest absolute Gasteiger partial charge is 0.396 e. The van der Waals surface area contributed by atoms with Gasteiger partial charge in [0.05, 0.1) is 8.41 Å². The fourth-order valence-electron chi connectivity index (χ4n) is 0. The summed E-state index contributed by atoms with van der Waals surface area (Å²) in [5.74, 6) is 0. The molecule has 2 heteroatoms. The van der Waals surface area contributed by atoms with Crippen LogP contribution in [0.15, 0.2) is 0 Å². The number of aliphatic hydroxyl groups is 1. The standard InChI is InChI=1S/C3H8O.BH3/c1-2-3-4;/h4H,2-3H2,1H3;1H3. The molecule has 0 spiro atoms. The van der Waals surface area contributed by atoms with Crippen LogP contribution in [0.2, 0.25) is 0 Å². The van der Waals surface area contributed by atoms with Gasteiger partial charge < -0.3 is 5.11 Å². The molecule has 0 aliphatic carbocycles. The zero-order chi connectivity index (χ0) is 3.41. The van der Waals surface area contributed by atoms with Crippen molar-refractivity contribution in [1.29, 1.82) is 0 Å². The molecule has 0 bridgehead atoms. The highest BCUT2D eigenvalue weighted by molar-refractivity contribution is 5.75. The average molecular weight is 73.9 g/mol. The minimum atomic E-state index is 0. The Kier molecular flexibility index (Phi) is 16.0. The van der Waals surface area contributed by atoms with E-state index in [0.717, 1.165) is 6.42 Å². The molecule has 0 saturated carbocycles. The van der Waals surface area contributed by atoms with E-state index in [-0.39, 0.29) is 8.41 Å². The fourth-order valence-corrected chi connectivity index (χ4v) is 0. The normalized spacial score (nSPS) is 6.00. The first-order valence-electron chi connectivity index (χ1n) is 1.52. The van der Waals surface area contributed by atoms with E-state index in [9.17, 15) is 0 Å². The van der Waals surface area contributed by atoms with Crippen molar-refractivity contribution in [3.8, 4) is 0 Å². The molecule has 0 radical (unpaired) electrons. The van der Waals surface area contributed by atoms with Crippen LogP contribution in [0.3, 0.4) is 0 Å². The molecule has 0 aliphatic rings. The second kappa shape index (κ2) is 8.98. The molecule has 0 fully saturated rings. The second-order valence-corrected chi connectivity index (χ2v) is 0.724. The minimum absolute atomic E-state index is 0. The summed E-state index contributed by atoms with van der Waals surface area (Å²) in [6.45, 7) is 2.25. The Morgan fingerprint density at radius 3 is 1.80 bits per heavy atom. The molecule has 0 aromatic carbocycles. The molecule has 0 aliphatic heterocycles. The van der Waals surface area contributed by atoms with Gasteiger partial charge in [-0.1, -0.05) is 6.92 Å². The van der Waals surface area contributed by atoms with Crippen molar-refractivity contribution >= 4 is 8.41 Å². The van der Waals surface area contributed by atoms with Crippen molar-refractivity contribution in [2.24, 2.45) is 0 Å². The van der Waals surface area contributed by atoms with E-state index in [1.54, 1.807) is 0 Å². The van der Waals surface area contributed by atoms with Gasteiger partial charge in [-0.2, -0.15) is 0 Å². The Bertz CT molecular complexity index is 8.85. The van der Waals surface area contributed by atoms with E-state index in [1.807, 2.05) is 6.92 Å². The lowest BCUT2D eigenvalue weighted by atomic mass is 10.5. The van der Waals surface area contributed by atoms with Gasteiger partial charge in [-0.15, -0.1) is 0 Å². The smallest absolute Gasteiger partial charge is 0.0814 e. The lowest BCUT2D eigenvalue weighted by Crippen LogP contribution is -1.69. The van der Waals surface area contributed by atoms with Crippen LogP contribution in [0.5, 0.6) is 0 Å². The summed E-state index contributed by atoms with van der Waals surface area (Å²) >= 11 is 0. The van der Waals surface area contributed by atoms with Crippen LogP contribution in [0.4, 0.5) is 0 Å². The van der Waals surface area contributed by atoms with Gasteiger partial charge >= 0.3 is 0 Å². The van der Waals surface area contributed by atoms with E-state index in [0.29, 0.717) is 6.61 Å². The summed E-state index contributed by atoms with van der Waals surface area (Å²) in [5.41, 5.74) is 0. The van der Waals surface area contributed by atoms with Crippen molar-refractivity contribution in [2.75, 3.05) is 6.61 Å². The maximum absolute atomic E-state index is 7.88. The molecule has 5 heavy (non-hydrogen) atoms. The Hall–Kier alpha value is 0.0249. The number of hydrogen-bond donors (Lipinski definition) is 1. The zero-order valence-electron chi connectivity index (χ0n) is 2.86. The molecule has 0 rings (SSSR count). The monoisotopic (exact) mass is 74.1 g/mol. The predicted octanol–water partition coefficient (Wildman–Crippen LogP) is -0.795. The van der Waals surface area contributed by atoms with Crippen molar-refractivity contribution < 1.29 is 5.11 Å². The van der Waals surface area contributed by atoms with Gasteiger partial charge in [0.1, 0.15) is 0 Å². The quantitative estimate of drug-likeness (QED) is 0.404. The van der Waals surface area contributed by atoms with Crippen molar-refractivity contribution in [1.82, 2.24) is 0 Å². The first kappa shape index (κ1) is 8.90. The van der Waals surface area contributed by atoms with Crippen LogP contribution in [0.1, 0.15) is 13.3 Å². The summed E-state index contributed by atoms with van der Waals surface area (Å²) in [7, 11) is 0. The maximum Gasteiger partial charge on any atom is 0.0814 e. The first-order valence-corrected chi connectivity index (χ1v) is 1.52. The van der Waals surface area contributed by atoms with Crippen LogP contribution in [-0.4, -0.2) is 20.1 Å². The van der Waals surface area contributed by atoms with Crippen LogP contribution < -0.4 is 0 Å². The predicted molar refractivity (Wildman–Crippen MR) is 27.3 cm³/mol. The van der Waals surface area contributed by atoms with Crippen molar-refractivity contribution in [3.05, 3.63) is 0 Å². The Balaban J connectivity index is 0. The zero-order valence-corrected chi connectivity index (χ0v) is 2.86. The van der Waals surface area contributed by atoms with Gasteiger partial charge in [-0.3, -0.25) is 0 Å². The topological polar surface area (TPSA) is 20.2 Å². The third kappa shape index (κ3) is 15.7. The molecule has 0 heterocycles. The molecule has 32 valence electrons. The number of hydrogen-bond acceptors (Lipinski definition) is 1. The molecular formula is C3H11BO. The molecule has 1 nitrogen and oxygen atoms in total. The molecule has 0 unspecified atom stereocenters. The summed E-state index contributed by atoms with van der Waals surface area (Å²) < 4.78 is 0. The highest BCUT2D eigenvalue weighted by Gasteiger charge is 1.57. The van der Waals surface area contributed by atoms with E-state index >= 15 is 0 Å². The van der Waals surface area contributed by atoms with Crippen LogP contribution in [0, 0.1) is 0 Å². The molecule has 0 atom stereocenters. The lowest BCUT2D eigenvalue weighted by Gasteiger charge is -1.69. The van der Waals surface area contributed by atoms with Gasteiger partial charge in [0.25, 0.3) is 0 Å². The van der Waals surface area contributed by atoms with E-state index in [2.05, 4.69) is 0 Å². The third-order valence-corrected chi connectivity index (χ3v) is 0.224. The van der Waals surface area contributed by atoms with Crippen molar-refractivity contribution in [3.63, 3.8) is 0 Å². The molecule has 0 aromatic rings. The summed E-state index contributed by atoms with van der Waals surface area (Å²) in [4.78, 5) is 0. The average Bonchev–Trinajstić information content (AvgIpc) is 1.37. The van der Waals surface area contributed by atoms with Gasteiger partial charge in [0, 0.05) is 6.61 Å². The summed E-state index contributed by atoms with van der Waals surface area (Å²) in [5, 5.41) is 7.88. The second-order valence-electron chi connectivity index (χ2n) is 0.724. The Labute approximate surface area is 34.6 Å². The first-order chi connectivity index (χ1) is 1.91. The summed E-state index contributed by atoms with van der Waals surface area (Å²) in [6.07, 6.45) is 0.875. The van der Waals surface area contributed by atoms with Crippen LogP contribution >= 0.6 is 0 Å². The molecule has 0 amide bonds. The number of aliphatic hydroxyl groups excluding tert-OH is 1. The lowest BCUT2D eigenvalue weighted by molar-refractivity contribution is 0.295. The fraction of sp³-hybridized carbons (Fsp3) is 1.00. The molecule has 0 saturated heterocycles. The van der Waals surface area contributed by atoms with E-state index in [1.165, 1.54) is 0 Å². The van der Waals surface area contributed by atoms with E-state index in [4.69, 9.17) is 5.11 Å². The molecule has 0 aromatic heterocycles. The SMILES string of the molecule is B.CCCO. The number of rotatable bonds is 1. The van der Waals surface area contributed by atoms with Gasteiger partial charge in [0.2, 0.25) is 0 Å². The van der Waals surface area contributed by atoms with Gasteiger partial charge in [0.15, 0.2) is 0 Å². The maximum atomic E-state index is 7.88. The Morgan fingerprint density at radius 2 is 1.80 bits per heavy atom. The molecule has 1 N–H and O–H groups in total. The Morgan fingerprint density at radius 1 is 1.60 bits per heavy atom. The molecular weight excluding hydrogens is 62.8 g/mol. The highest BCUT2D eigenvalue weighted by Crippen LogP contribution is 1.61. The van der Waals surface area contributed by atoms with Crippen molar-refractivity contribution in [2.45, 2.75) is 13.3 Å². The van der Waals surface area contributed by atoms with Gasteiger partial charge in [-0.25, -0.2) is 0 Å². The minimum Gasteiger partial charge on any atom is -0.396 e. The van der Waals surface area contributed by atoms with Gasteiger partial charge in [-0.05, 0) is 6.42 Å². The van der Waals surface area contributed by atoms with E-state index < -0.39 is 0 Å². The van der Waals surface area contributed by atoms with Crippen LogP contribution in [0.25, 0.3) is 0 Å². The third-order valence-electron chi connectivity index (χ3n) is 0.224. The summed E-state index contributed by atoms with van der Waals surface area (Å²) in [6, 6.07) is 0.